The lowest BCUT2D eigenvalue weighted by molar-refractivity contribution is -0.331. The zero-order chi connectivity index (χ0) is 24.5. The summed E-state index contributed by atoms with van der Waals surface area (Å²) >= 11 is 0. The molecule has 0 nitrogen and oxygen atoms in total. The van der Waals surface area contributed by atoms with Crippen molar-refractivity contribution in [1.82, 2.24) is 0 Å². The first kappa shape index (κ1) is 27.8. The average molecular weight is 504 g/mol. The summed E-state index contributed by atoms with van der Waals surface area (Å²) < 4.78 is 254. The van der Waals surface area contributed by atoms with Crippen molar-refractivity contribution in [2.45, 2.75) is 46.9 Å². The Morgan fingerprint density at radius 2 is 0.345 bits per heavy atom. The summed E-state index contributed by atoms with van der Waals surface area (Å²) in [5.41, 5.74) is -36.8. The van der Waals surface area contributed by atoms with E-state index in [1.54, 1.807) is 0 Å². The Balaban J connectivity index is 8.26. The predicted octanol–water partition coefficient (Wildman–Crippen LogP) is 6.38. The van der Waals surface area contributed by atoms with Crippen LogP contribution in [0.25, 0.3) is 0 Å². The molecule has 0 saturated heterocycles. The predicted molar refractivity (Wildman–Crippen MR) is 49.8 cm³/mol. The van der Waals surface area contributed by atoms with Crippen LogP contribution in [-0.4, -0.2) is 55.0 Å². The fourth-order valence-corrected chi connectivity index (χ4v) is 6.10. The quantitative estimate of drug-likeness (QED) is 0.308. The molecule has 0 unspecified atom stereocenters. The van der Waals surface area contributed by atoms with Gasteiger partial charge in [-0.25, -0.2) is 35.1 Å². The first-order valence-electron chi connectivity index (χ1n) is 5.78. The molecule has 0 aliphatic rings. The summed E-state index contributed by atoms with van der Waals surface area (Å²) in [6.07, 6.45) is -34.2. The SMILES string of the molecule is FC(F)(F)C(F)(F)[Si](C(F)(F)C(F)(F)F)(C(F)(F)C(F)(F)F)C(F)(F)C(F)(F)F. The van der Waals surface area contributed by atoms with Crippen LogP contribution >= 0.6 is 0 Å². The highest BCUT2D eigenvalue weighted by atomic mass is 28.3. The van der Waals surface area contributed by atoms with Gasteiger partial charge in [0.05, 0.1) is 0 Å². The summed E-state index contributed by atoms with van der Waals surface area (Å²) in [5.74, 6) is 0. The van der Waals surface area contributed by atoms with Gasteiger partial charge in [0, 0.05) is 0 Å². The molecule has 0 aliphatic carbocycles. The topological polar surface area (TPSA) is 0 Å². The van der Waals surface area contributed by atoms with Crippen molar-refractivity contribution in [3.8, 4) is 0 Å². The lowest BCUT2D eigenvalue weighted by atomic mass is 10.6. The zero-order valence-electron chi connectivity index (χ0n) is 12.1. The van der Waals surface area contributed by atoms with Gasteiger partial charge in [-0.3, -0.25) is 0 Å². The van der Waals surface area contributed by atoms with Crippen LogP contribution in [0.1, 0.15) is 0 Å². The minimum absolute atomic E-state index is 8.56. The molecule has 0 N–H and O–H groups in total. The summed E-state index contributed by atoms with van der Waals surface area (Å²) in [5, 5.41) is 0. The minimum atomic E-state index is -12.1. The van der Waals surface area contributed by atoms with E-state index in [1.807, 2.05) is 0 Å². The molecule has 0 fully saturated rings. The van der Waals surface area contributed by atoms with Crippen LogP contribution in [0.2, 0.25) is 0 Å². The number of hydrogen-bond acceptors (Lipinski definition) is 0. The maximum Gasteiger partial charge on any atom is 0.449 e. The van der Waals surface area contributed by atoms with E-state index in [9.17, 15) is 87.8 Å². The van der Waals surface area contributed by atoms with Crippen molar-refractivity contribution in [3.05, 3.63) is 0 Å². The van der Waals surface area contributed by atoms with Gasteiger partial charge in [-0.2, -0.15) is 52.7 Å². The molecule has 29 heavy (non-hydrogen) atoms. The highest BCUT2D eigenvalue weighted by Crippen LogP contribution is 2.68. The summed E-state index contributed by atoms with van der Waals surface area (Å²) in [6, 6.07) is 0. The van der Waals surface area contributed by atoms with Gasteiger partial charge in [-0.15, -0.1) is 0 Å². The minimum Gasteiger partial charge on any atom is -0.201 e. The second kappa shape index (κ2) is 6.41. The largest absolute Gasteiger partial charge is 0.449 e. The van der Waals surface area contributed by atoms with E-state index in [2.05, 4.69) is 0 Å². The van der Waals surface area contributed by atoms with Crippen LogP contribution in [0, 0.1) is 0 Å². The van der Waals surface area contributed by atoms with Gasteiger partial charge in [-0.05, 0) is 0 Å². The molecule has 0 aliphatic heterocycles. The molecule has 0 aromatic carbocycles. The molecule has 0 radical (unpaired) electrons. The van der Waals surface area contributed by atoms with Gasteiger partial charge >= 0.3 is 55.0 Å². The van der Waals surface area contributed by atoms with Crippen LogP contribution in [0.3, 0.4) is 0 Å². The zero-order valence-corrected chi connectivity index (χ0v) is 13.1. The number of alkyl halides is 20. The smallest absolute Gasteiger partial charge is 0.201 e. The molecule has 0 amide bonds. The van der Waals surface area contributed by atoms with Crippen molar-refractivity contribution < 1.29 is 87.8 Å². The number of rotatable bonds is 4. The molecule has 0 atom stereocenters. The molecule has 176 valence electrons. The Morgan fingerprint density at radius 1 is 0.241 bits per heavy atom. The van der Waals surface area contributed by atoms with Gasteiger partial charge in [0.15, 0.2) is 0 Å². The third-order valence-electron chi connectivity index (χ3n) is 3.31. The van der Waals surface area contributed by atoms with Crippen LogP contribution in [0.4, 0.5) is 87.8 Å². The molecule has 0 heterocycles. The highest BCUT2D eigenvalue weighted by molar-refractivity contribution is 6.89. The van der Waals surface area contributed by atoms with Crippen molar-refractivity contribution in [2.75, 3.05) is 0 Å². The van der Waals surface area contributed by atoms with Crippen molar-refractivity contribution in [3.63, 3.8) is 0 Å². The van der Waals surface area contributed by atoms with E-state index in [1.165, 1.54) is 0 Å². The Labute approximate surface area is 144 Å². The van der Waals surface area contributed by atoms with E-state index in [4.69, 9.17) is 0 Å². The van der Waals surface area contributed by atoms with Crippen molar-refractivity contribution >= 4 is 8.07 Å². The normalized spacial score (nSPS) is 17.0. The third kappa shape index (κ3) is 3.29. The van der Waals surface area contributed by atoms with E-state index in [0.717, 1.165) is 0 Å². The molecule has 21 heteroatoms. The van der Waals surface area contributed by atoms with Crippen molar-refractivity contribution in [2.24, 2.45) is 0 Å². The van der Waals surface area contributed by atoms with Crippen molar-refractivity contribution in [1.29, 1.82) is 0 Å². The summed E-state index contributed by atoms with van der Waals surface area (Å²) in [6.45, 7) is 0. The van der Waals surface area contributed by atoms with E-state index < -0.39 is 55.0 Å². The monoisotopic (exact) mass is 504 g/mol. The van der Waals surface area contributed by atoms with E-state index >= 15 is 0 Å². The Morgan fingerprint density at radius 3 is 0.414 bits per heavy atom. The van der Waals surface area contributed by atoms with E-state index in [0.29, 0.717) is 0 Å². The van der Waals surface area contributed by atoms with Gasteiger partial charge < -0.3 is 0 Å². The molecular weight excluding hydrogens is 504 g/mol. The van der Waals surface area contributed by atoms with Crippen LogP contribution in [0.5, 0.6) is 0 Å². The lowest BCUT2D eigenvalue weighted by Gasteiger charge is -2.50. The Bertz CT molecular complexity index is 486. The van der Waals surface area contributed by atoms with E-state index in [-0.39, 0.29) is 0 Å². The molecular formula is C8F20Si. The van der Waals surface area contributed by atoms with Gasteiger partial charge in [0.1, 0.15) is 0 Å². The lowest BCUT2D eigenvalue weighted by Crippen LogP contribution is -2.92. The van der Waals surface area contributed by atoms with Gasteiger partial charge in [0.25, 0.3) is 0 Å². The number of halogens is 20. The van der Waals surface area contributed by atoms with Crippen LogP contribution < -0.4 is 0 Å². The molecule has 0 rings (SSSR count). The molecule has 0 bridgehead atoms. The molecule has 0 aromatic heterocycles. The standard InChI is InChI=1S/C8F20Si/c9-1(10,11)5(21,22)29(6(23,24)2(12,13)14,7(25,26)3(15,16)17)8(27,28)4(18,19)20. The summed E-state index contributed by atoms with van der Waals surface area (Å²) in [4.78, 5) is 0. The maximum absolute atomic E-state index is 13.3. The third-order valence-corrected chi connectivity index (χ3v) is 8.21. The summed E-state index contributed by atoms with van der Waals surface area (Å²) in [7, 11) is -12.1. The second-order valence-corrected chi connectivity index (χ2v) is 9.05. The van der Waals surface area contributed by atoms with Crippen LogP contribution in [-0.2, 0) is 0 Å². The first-order valence-corrected chi connectivity index (χ1v) is 7.78. The Hall–Kier alpha value is -1.18. The maximum atomic E-state index is 13.3. The average Bonchev–Trinajstić information content (AvgIpc) is 2.31. The molecule has 0 saturated carbocycles. The fourth-order valence-electron chi connectivity index (χ4n) is 2.03. The van der Waals surface area contributed by atoms with Gasteiger partial charge in [0.2, 0.25) is 0 Å². The number of hydrogen-bond donors (Lipinski definition) is 0. The highest BCUT2D eigenvalue weighted by Gasteiger charge is 3.08. The molecule has 0 spiro atoms. The Kier molecular flexibility index (Phi) is 6.15. The van der Waals surface area contributed by atoms with Crippen LogP contribution in [0.15, 0.2) is 0 Å². The fraction of sp³-hybridized carbons (Fsp3) is 1.00. The second-order valence-electron chi connectivity index (χ2n) is 5.04. The molecule has 0 aromatic rings. The first-order chi connectivity index (χ1) is 12.0. The van der Waals surface area contributed by atoms with Gasteiger partial charge in [-0.1, -0.05) is 0 Å².